The summed E-state index contributed by atoms with van der Waals surface area (Å²) in [6, 6.07) is 9.99. The maximum atomic E-state index is 13.1. The van der Waals surface area contributed by atoms with Crippen molar-refractivity contribution in [3.8, 4) is 5.69 Å². The van der Waals surface area contributed by atoms with Gasteiger partial charge in [0, 0.05) is 16.8 Å². The molecule has 0 unspecified atom stereocenters. The zero-order valence-electron chi connectivity index (χ0n) is 15.0. The van der Waals surface area contributed by atoms with Gasteiger partial charge in [-0.2, -0.15) is 0 Å². The van der Waals surface area contributed by atoms with E-state index in [1.54, 1.807) is 28.9 Å². The molecule has 0 bridgehead atoms. The van der Waals surface area contributed by atoms with Crippen LogP contribution in [0.2, 0.25) is 5.02 Å². The number of aromatic nitrogens is 2. The molecule has 1 aromatic heterocycles. The number of rotatable bonds is 7. The third kappa shape index (κ3) is 6.08. The molecule has 0 aliphatic heterocycles. The summed E-state index contributed by atoms with van der Waals surface area (Å²) in [5.41, 5.74) is 0.848. The second-order valence-electron chi connectivity index (χ2n) is 5.76. The molecule has 3 rings (SSSR count). The Bertz CT molecular complexity index is 1140. The number of hydrogen-bond donors (Lipinski definition) is 2. The third-order valence-corrected chi connectivity index (χ3v) is 6.19. The number of halogens is 3. The predicted octanol–water partition coefficient (Wildman–Crippen LogP) is 4.44. The van der Waals surface area contributed by atoms with Gasteiger partial charge >= 0.3 is 0 Å². The van der Waals surface area contributed by atoms with Gasteiger partial charge in [0.1, 0.15) is 0 Å². The first kappa shape index (κ1) is 22.3. The number of thioether (sulfide) groups is 1. The molecule has 30 heavy (non-hydrogen) atoms. The number of nitrogens with one attached hydrogen (secondary N) is 2. The number of anilines is 1. The molecule has 2 aromatic carbocycles. The van der Waals surface area contributed by atoms with E-state index < -0.39 is 17.5 Å². The zero-order chi connectivity index (χ0) is 21.7. The quantitative estimate of drug-likeness (QED) is 0.381. The molecule has 0 saturated heterocycles. The Morgan fingerprint density at radius 1 is 1.13 bits per heavy atom. The smallest absolute Gasteiger partial charge is 0.243 e. The Morgan fingerprint density at radius 2 is 1.87 bits per heavy atom. The molecule has 0 fully saturated rings. The summed E-state index contributed by atoms with van der Waals surface area (Å²) in [7, 11) is 0. The number of hydrogen-bond acceptors (Lipinski definition) is 6. The van der Waals surface area contributed by atoms with Gasteiger partial charge in [-0.3, -0.25) is 9.59 Å². The van der Waals surface area contributed by atoms with Gasteiger partial charge in [0.2, 0.25) is 11.8 Å². The largest absolute Gasteiger partial charge is 0.346 e. The van der Waals surface area contributed by atoms with Crippen LogP contribution < -0.4 is 10.6 Å². The van der Waals surface area contributed by atoms with Crippen LogP contribution in [0.25, 0.3) is 5.69 Å². The number of nitrogens with zero attached hydrogens (tertiary/aromatic N) is 2. The van der Waals surface area contributed by atoms with Gasteiger partial charge in [0.05, 0.1) is 18.0 Å². The number of carbonyl (C=O) groups excluding carboxylic acids is 2. The van der Waals surface area contributed by atoms with Gasteiger partial charge in [0.15, 0.2) is 19.9 Å². The molecule has 2 N–H and O–H groups in total. The monoisotopic (exact) mass is 486 g/mol. The Labute approximate surface area is 188 Å². The fourth-order valence-corrected chi connectivity index (χ4v) is 4.52. The van der Waals surface area contributed by atoms with E-state index in [1.165, 1.54) is 29.2 Å². The van der Waals surface area contributed by atoms with Crippen molar-refractivity contribution in [2.75, 3.05) is 17.6 Å². The van der Waals surface area contributed by atoms with Crippen LogP contribution in [0.3, 0.4) is 0 Å². The average Bonchev–Trinajstić information content (AvgIpc) is 3.09. The fourth-order valence-electron chi connectivity index (χ4n) is 2.20. The van der Waals surface area contributed by atoms with E-state index in [9.17, 15) is 18.4 Å². The summed E-state index contributed by atoms with van der Waals surface area (Å²) in [4.78, 5) is 23.8. The number of benzene rings is 2. The first-order chi connectivity index (χ1) is 14.3. The van der Waals surface area contributed by atoms with E-state index >= 15 is 0 Å². The van der Waals surface area contributed by atoms with Crippen LogP contribution in [0.4, 0.5) is 14.5 Å². The van der Waals surface area contributed by atoms with Crippen LogP contribution in [0.1, 0.15) is 0 Å². The van der Waals surface area contributed by atoms with E-state index in [2.05, 4.69) is 15.7 Å². The maximum absolute atomic E-state index is 13.1. The first-order valence-corrected chi connectivity index (χ1v) is 10.9. The summed E-state index contributed by atoms with van der Waals surface area (Å²) in [5, 5.41) is 9.79. The highest BCUT2D eigenvalue weighted by Crippen LogP contribution is 2.24. The Balaban J connectivity index is 1.48. The third-order valence-electron chi connectivity index (χ3n) is 3.58. The van der Waals surface area contributed by atoms with Crippen LogP contribution in [0.5, 0.6) is 0 Å². The minimum atomic E-state index is -1.08. The van der Waals surface area contributed by atoms with Gasteiger partial charge < -0.3 is 10.6 Å². The van der Waals surface area contributed by atoms with Crippen molar-refractivity contribution in [1.29, 1.82) is 0 Å². The molecule has 0 radical (unpaired) electrons. The van der Waals surface area contributed by atoms with Crippen molar-refractivity contribution in [1.82, 2.24) is 15.1 Å². The van der Waals surface area contributed by atoms with Gasteiger partial charge in [0.25, 0.3) is 0 Å². The lowest BCUT2D eigenvalue weighted by molar-refractivity contribution is -0.122. The summed E-state index contributed by atoms with van der Waals surface area (Å²) in [6.45, 7) is -0.312. The lowest BCUT2D eigenvalue weighted by atomic mass is 10.3. The summed E-state index contributed by atoms with van der Waals surface area (Å²) < 4.78 is 28.7. The highest BCUT2D eigenvalue weighted by molar-refractivity contribution is 8.01. The normalized spacial score (nSPS) is 10.6. The van der Waals surface area contributed by atoms with Crippen molar-refractivity contribution in [3.05, 3.63) is 63.1 Å². The van der Waals surface area contributed by atoms with Gasteiger partial charge in [-0.25, -0.2) is 13.5 Å². The zero-order valence-corrected chi connectivity index (χ0v) is 18.2. The van der Waals surface area contributed by atoms with E-state index in [1.807, 2.05) is 0 Å². The minimum Gasteiger partial charge on any atom is -0.346 e. The van der Waals surface area contributed by atoms with Crippen LogP contribution in [-0.4, -0.2) is 33.9 Å². The summed E-state index contributed by atoms with van der Waals surface area (Å²) in [5.74, 6) is -3.02. The maximum Gasteiger partial charge on any atom is 0.243 e. The number of carbonyl (C=O) groups is 2. The fraction of sp³-hybridized carbons (Fsp3) is 0.111. The van der Waals surface area contributed by atoms with Crippen molar-refractivity contribution in [2.45, 2.75) is 4.34 Å². The van der Waals surface area contributed by atoms with Crippen LogP contribution in [0, 0.1) is 15.6 Å². The summed E-state index contributed by atoms with van der Waals surface area (Å²) >= 11 is 13.6. The molecule has 12 heteroatoms. The second-order valence-corrected chi connectivity index (χ2v) is 9.05. The van der Waals surface area contributed by atoms with Crippen molar-refractivity contribution in [3.63, 3.8) is 0 Å². The van der Waals surface area contributed by atoms with Crippen LogP contribution in [-0.2, 0) is 9.59 Å². The average molecular weight is 487 g/mol. The van der Waals surface area contributed by atoms with E-state index in [-0.39, 0.29) is 23.9 Å². The van der Waals surface area contributed by atoms with E-state index in [0.717, 1.165) is 17.8 Å². The molecule has 0 atom stereocenters. The van der Waals surface area contributed by atoms with Gasteiger partial charge in [-0.1, -0.05) is 34.7 Å². The van der Waals surface area contributed by atoms with Crippen molar-refractivity contribution >= 4 is 64.4 Å². The molecule has 6 nitrogen and oxygen atoms in total. The standard InChI is InChI=1S/C18H13ClF2N4O2S3/c19-10-1-4-12(5-2-10)25-18(28)30-17(24-25)29-9-16(27)22-8-15(26)23-11-3-6-13(20)14(21)7-11/h1-7H,8-9H2,(H,22,27)(H,23,26). The molecule has 0 aliphatic rings. The molecule has 0 saturated carbocycles. The SMILES string of the molecule is O=C(CSc1nn(-c2ccc(Cl)cc2)c(=S)s1)NCC(=O)Nc1ccc(F)c(F)c1. The minimum absolute atomic E-state index is 0.0291. The Hall–Kier alpha value is -2.34. The molecule has 0 aliphatic carbocycles. The van der Waals surface area contributed by atoms with Crippen LogP contribution in [0.15, 0.2) is 46.8 Å². The molecule has 0 spiro atoms. The molecule has 1 heterocycles. The topological polar surface area (TPSA) is 76.0 Å². The number of amides is 2. The van der Waals surface area contributed by atoms with E-state index in [4.69, 9.17) is 23.8 Å². The molecule has 156 valence electrons. The second kappa shape index (κ2) is 10.1. The lowest BCUT2D eigenvalue weighted by Gasteiger charge is -2.07. The van der Waals surface area contributed by atoms with Gasteiger partial charge in [-0.15, -0.1) is 5.10 Å². The molecule has 2 amide bonds. The van der Waals surface area contributed by atoms with Gasteiger partial charge in [-0.05, 0) is 48.6 Å². The van der Waals surface area contributed by atoms with Crippen molar-refractivity contribution < 1.29 is 18.4 Å². The van der Waals surface area contributed by atoms with Crippen molar-refractivity contribution in [2.24, 2.45) is 0 Å². The summed E-state index contributed by atoms with van der Waals surface area (Å²) in [6.07, 6.45) is 0. The Kier molecular flexibility index (Phi) is 7.53. The molecular weight excluding hydrogens is 474 g/mol. The highest BCUT2D eigenvalue weighted by Gasteiger charge is 2.11. The Morgan fingerprint density at radius 3 is 2.57 bits per heavy atom. The molecular formula is C18H13ClF2N4O2S3. The first-order valence-electron chi connectivity index (χ1n) is 8.32. The van der Waals surface area contributed by atoms with Crippen LogP contribution >= 0.6 is 46.9 Å². The molecule has 3 aromatic rings. The highest BCUT2D eigenvalue weighted by atomic mass is 35.5. The van der Waals surface area contributed by atoms with E-state index in [0.29, 0.717) is 13.3 Å². The lowest BCUT2D eigenvalue weighted by Crippen LogP contribution is -2.33. The predicted molar refractivity (Wildman–Crippen MR) is 116 cm³/mol.